The second kappa shape index (κ2) is 7.72. The quantitative estimate of drug-likeness (QED) is 0.816. The van der Waals surface area contributed by atoms with E-state index >= 15 is 0 Å². The second-order valence-corrected chi connectivity index (χ2v) is 7.86. The predicted molar refractivity (Wildman–Crippen MR) is 101 cm³/mol. The first-order chi connectivity index (χ1) is 12.4. The Morgan fingerprint density at radius 1 is 1.08 bits per heavy atom. The standard InChI is InChI=1S/C19H30N6O/c1-6-26-16-9-7-15(8-10-16)17(24-13-11-23(5)12-14-24)18-20-21-22-25(18)19(2,3)4/h7-10,17H,6,11-14H2,1-5H3. The van der Waals surface area contributed by atoms with Gasteiger partial charge in [-0.15, -0.1) is 5.10 Å². The molecule has 3 rings (SSSR count). The lowest BCUT2D eigenvalue weighted by atomic mass is 10.0. The van der Waals surface area contributed by atoms with Gasteiger partial charge in [0.25, 0.3) is 0 Å². The van der Waals surface area contributed by atoms with Crippen LogP contribution in [-0.2, 0) is 5.54 Å². The maximum Gasteiger partial charge on any atom is 0.173 e. The summed E-state index contributed by atoms with van der Waals surface area (Å²) in [4.78, 5) is 4.84. The number of rotatable bonds is 5. The molecule has 2 aromatic rings. The summed E-state index contributed by atoms with van der Waals surface area (Å²) >= 11 is 0. The van der Waals surface area contributed by atoms with Gasteiger partial charge in [0.05, 0.1) is 18.2 Å². The average molecular weight is 358 g/mol. The van der Waals surface area contributed by atoms with Crippen molar-refractivity contribution in [1.29, 1.82) is 0 Å². The number of aromatic nitrogens is 4. The molecule has 0 spiro atoms. The summed E-state index contributed by atoms with van der Waals surface area (Å²) < 4.78 is 7.55. The molecular formula is C19H30N6O. The first-order valence-corrected chi connectivity index (χ1v) is 9.34. The fourth-order valence-electron chi connectivity index (χ4n) is 3.36. The number of piperazine rings is 1. The summed E-state index contributed by atoms with van der Waals surface area (Å²) in [6.45, 7) is 13.1. The molecule has 0 radical (unpaired) electrons. The number of tetrazole rings is 1. The molecule has 142 valence electrons. The van der Waals surface area contributed by atoms with E-state index in [1.54, 1.807) is 0 Å². The Kier molecular flexibility index (Phi) is 5.58. The molecule has 1 aromatic carbocycles. The third-order valence-electron chi connectivity index (χ3n) is 4.78. The Balaban J connectivity index is 1.98. The maximum absolute atomic E-state index is 5.60. The second-order valence-electron chi connectivity index (χ2n) is 7.86. The minimum Gasteiger partial charge on any atom is -0.494 e. The summed E-state index contributed by atoms with van der Waals surface area (Å²) in [6, 6.07) is 8.37. The van der Waals surface area contributed by atoms with Crippen LogP contribution in [0.25, 0.3) is 0 Å². The molecule has 7 heteroatoms. The van der Waals surface area contributed by atoms with Gasteiger partial charge >= 0.3 is 0 Å². The summed E-state index contributed by atoms with van der Waals surface area (Å²) in [5, 5.41) is 12.7. The first kappa shape index (κ1) is 18.8. The average Bonchev–Trinajstić information content (AvgIpc) is 3.08. The molecule has 7 nitrogen and oxygen atoms in total. The summed E-state index contributed by atoms with van der Waals surface area (Å²) in [7, 11) is 2.17. The van der Waals surface area contributed by atoms with Crippen LogP contribution in [0.2, 0.25) is 0 Å². The number of nitrogens with zero attached hydrogens (tertiary/aromatic N) is 6. The molecule has 0 amide bonds. The van der Waals surface area contributed by atoms with Crippen molar-refractivity contribution in [2.45, 2.75) is 39.3 Å². The Hall–Kier alpha value is -1.99. The minimum absolute atomic E-state index is 0.0357. The van der Waals surface area contributed by atoms with E-state index < -0.39 is 0 Å². The highest BCUT2D eigenvalue weighted by Gasteiger charge is 2.32. The summed E-state index contributed by atoms with van der Waals surface area (Å²) in [5.41, 5.74) is 1.02. The Morgan fingerprint density at radius 3 is 2.31 bits per heavy atom. The van der Waals surface area contributed by atoms with Gasteiger partial charge in [0.1, 0.15) is 5.75 Å². The number of hydrogen-bond donors (Lipinski definition) is 0. The Labute approximate surface area is 155 Å². The van der Waals surface area contributed by atoms with Crippen molar-refractivity contribution in [1.82, 2.24) is 30.0 Å². The van der Waals surface area contributed by atoms with Crippen molar-refractivity contribution in [2.75, 3.05) is 39.8 Å². The molecule has 0 bridgehead atoms. The Bertz CT molecular complexity index is 698. The fraction of sp³-hybridized carbons (Fsp3) is 0.632. The van der Waals surface area contributed by atoms with Gasteiger partial charge in [0.2, 0.25) is 0 Å². The summed E-state index contributed by atoms with van der Waals surface area (Å²) in [5.74, 6) is 1.79. The molecule has 1 aromatic heterocycles. The van der Waals surface area contributed by atoms with Crippen molar-refractivity contribution in [3.8, 4) is 5.75 Å². The molecule has 0 saturated carbocycles. The maximum atomic E-state index is 5.60. The molecule has 1 atom stereocenters. The number of likely N-dealkylation sites (N-methyl/N-ethyl adjacent to an activating group) is 1. The number of hydrogen-bond acceptors (Lipinski definition) is 6. The molecule has 2 heterocycles. The monoisotopic (exact) mass is 358 g/mol. The SMILES string of the molecule is CCOc1ccc(C(c2nnnn2C(C)(C)C)N2CCN(C)CC2)cc1. The van der Waals surface area contributed by atoms with Crippen molar-refractivity contribution in [3.63, 3.8) is 0 Å². The zero-order valence-electron chi connectivity index (χ0n) is 16.5. The van der Waals surface area contributed by atoms with E-state index in [1.807, 2.05) is 23.7 Å². The third kappa shape index (κ3) is 4.04. The summed E-state index contributed by atoms with van der Waals surface area (Å²) in [6.07, 6.45) is 0. The topological polar surface area (TPSA) is 59.3 Å². The van der Waals surface area contributed by atoms with Crippen LogP contribution in [0, 0.1) is 0 Å². The van der Waals surface area contributed by atoms with Gasteiger partial charge in [-0.05, 0) is 62.9 Å². The minimum atomic E-state index is -0.172. The van der Waals surface area contributed by atoms with E-state index in [1.165, 1.54) is 5.56 Å². The van der Waals surface area contributed by atoms with Crippen LogP contribution >= 0.6 is 0 Å². The largest absolute Gasteiger partial charge is 0.494 e. The molecule has 1 saturated heterocycles. The van der Waals surface area contributed by atoms with Crippen molar-refractivity contribution >= 4 is 0 Å². The lowest BCUT2D eigenvalue weighted by Gasteiger charge is -2.38. The van der Waals surface area contributed by atoms with Crippen LogP contribution in [0.15, 0.2) is 24.3 Å². The van der Waals surface area contributed by atoms with Gasteiger partial charge in [-0.25, -0.2) is 4.68 Å². The van der Waals surface area contributed by atoms with Crippen molar-refractivity contribution in [3.05, 3.63) is 35.7 Å². The van der Waals surface area contributed by atoms with E-state index in [-0.39, 0.29) is 11.6 Å². The van der Waals surface area contributed by atoms with Crippen molar-refractivity contribution in [2.24, 2.45) is 0 Å². The molecule has 0 N–H and O–H groups in total. The zero-order chi connectivity index (χ0) is 18.7. The van der Waals surface area contributed by atoms with E-state index in [0.29, 0.717) is 6.61 Å². The number of ether oxygens (including phenoxy) is 1. The smallest absolute Gasteiger partial charge is 0.173 e. The van der Waals surface area contributed by atoms with Crippen LogP contribution in [0.5, 0.6) is 5.75 Å². The zero-order valence-corrected chi connectivity index (χ0v) is 16.5. The van der Waals surface area contributed by atoms with Gasteiger partial charge in [-0.1, -0.05) is 12.1 Å². The van der Waals surface area contributed by atoms with Crippen LogP contribution < -0.4 is 4.74 Å². The van der Waals surface area contributed by atoms with E-state index in [2.05, 4.69) is 65.3 Å². The lowest BCUT2D eigenvalue weighted by Crippen LogP contribution is -2.47. The molecule has 1 aliphatic rings. The first-order valence-electron chi connectivity index (χ1n) is 9.34. The highest BCUT2D eigenvalue weighted by atomic mass is 16.5. The van der Waals surface area contributed by atoms with Crippen LogP contribution in [0.1, 0.15) is 45.1 Å². The number of benzene rings is 1. The molecule has 1 fully saturated rings. The van der Waals surface area contributed by atoms with E-state index in [9.17, 15) is 0 Å². The van der Waals surface area contributed by atoms with Crippen LogP contribution in [-0.4, -0.2) is 69.8 Å². The lowest BCUT2D eigenvalue weighted by molar-refractivity contribution is 0.118. The van der Waals surface area contributed by atoms with E-state index in [4.69, 9.17) is 4.74 Å². The molecule has 1 aliphatic heterocycles. The van der Waals surface area contributed by atoms with E-state index in [0.717, 1.165) is 37.8 Å². The van der Waals surface area contributed by atoms with Gasteiger partial charge in [0.15, 0.2) is 5.82 Å². The molecule has 0 aliphatic carbocycles. The van der Waals surface area contributed by atoms with Gasteiger partial charge in [-0.3, -0.25) is 4.90 Å². The third-order valence-corrected chi connectivity index (χ3v) is 4.78. The normalized spacial score (nSPS) is 18.0. The van der Waals surface area contributed by atoms with Gasteiger partial charge in [-0.2, -0.15) is 0 Å². The highest BCUT2D eigenvalue weighted by Crippen LogP contribution is 2.31. The fourth-order valence-corrected chi connectivity index (χ4v) is 3.36. The highest BCUT2D eigenvalue weighted by molar-refractivity contribution is 5.32. The van der Waals surface area contributed by atoms with Crippen molar-refractivity contribution < 1.29 is 4.74 Å². The van der Waals surface area contributed by atoms with Gasteiger partial charge < -0.3 is 9.64 Å². The van der Waals surface area contributed by atoms with Gasteiger partial charge in [0, 0.05) is 26.2 Å². The van der Waals surface area contributed by atoms with Crippen LogP contribution in [0.4, 0.5) is 0 Å². The molecule has 1 unspecified atom stereocenters. The molecule has 26 heavy (non-hydrogen) atoms. The molecular weight excluding hydrogens is 328 g/mol. The Morgan fingerprint density at radius 2 is 1.73 bits per heavy atom. The van der Waals surface area contributed by atoms with Crippen LogP contribution in [0.3, 0.4) is 0 Å². The predicted octanol–water partition coefficient (Wildman–Crippen LogP) is 2.16.